The average molecular weight is 258 g/mol. The summed E-state index contributed by atoms with van der Waals surface area (Å²) in [5, 5.41) is 4.23. The van der Waals surface area contributed by atoms with Gasteiger partial charge in [0, 0.05) is 6.20 Å². The molecule has 3 rings (SSSR count). The number of halogens is 1. The SMILES string of the molecule is Nc1cccn2nc(COc3ccc(F)cc3)nc12. The van der Waals surface area contributed by atoms with Crippen LogP contribution in [0.1, 0.15) is 5.82 Å². The molecule has 2 heterocycles. The summed E-state index contributed by atoms with van der Waals surface area (Å²) in [6.45, 7) is 0.201. The lowest BCUT2D eigenvalue weighted by Gasteiger charge is -2.02. The number of hydrogen-bond donors (Lipinski definition) is 1. The number of fused-ring (bicyclic) bond motifs is 1. The maximum Gasteiger partial charge on any atom is 0.189 e. The van der Waals surface area contributed by atoms with Gasteiger partial charge < -0.3 is 10.5 Å². The van der Waals surface area contributed by atoms with Gasteiger partial charge in [0.1, 0.15) is 18.2 Å². The molecule has 19 heavy (non-hydrogen) atoms. The van der Waals surface area contributed by atoms with Gasteiger partial charge in [-0.05, 0) is 36.4 Å². The van der Waals surface area contributed by atoms with Crippen molar-refractivity contribution in [1.82, 2.24) is 14.6 Å². The first-order valence-electron chi connectivity index (χ1n) is 5.70. The molecule has 0 aliphatic rings. The lowest BCUT2D eigenvalue weighted by atomic mass is 10.3. The lowest BCUT2D eigenvalue weighted by Crippen LogP contribution is -1.98. The van der Waals surface area contributed by atoms with Gasteiger partial charge in [0.2, 0.25) is 0 Å². The van der Waals surface area contributed by atoms with Crippen LogP contribution in [0.4, 0.5) is 10.1 Å². The van der Waals surface area contributed by atoms with Gasteiger partial charge in [0.25, 0.3) is 0 Å². The van der Waals surface area contributed by atoms with E-state index in [4.69, 9.17) is 10.5 Å². The van der Waals surface area contributed by atoms with Crippen molar-refractivity contribution >= 4 is 11.3 Å². The van der Waals surface area contributed by atoms with Crippen molar-refractivity contribution in [3.8, 4) is 5.75 Å². The normalized spacial score (nSPS) is 10.8. The Balaban J connectivity index is 1.78. The fraction of sp³-hybridized carbons (Fsp3) is 0.0769. The fourth-order valence-corrected chi connectivity index (χ4v) is 1.71. The summed E-state index contributed by atoms with van der Waals surface area (Å²) in [5.74, 6) is 0.779. The number of aromatic nitrogens is 3. The summed E-state index contributed by atoms with van der Waals surface area (Å²) >= 11 is 0. The van der Waals surface area contributed by atoms with E-state index in [1.54, 1.807) is 35.0 Å². The molecule has 5 nitrogen and oxygen atoms in total. The Morgan fingerprint density at radius 3 is 2.74 bits per heavy atom. The molecule has 1 aromatic carbocycles. The van der Waals surface area contributed by atoms with Gasteiger partial charge in [0.05, 0.1) is 5.69 Å². The van der Waals surface area contributed by atoms with E-state index in [9.17, 15) is 4.39 Å². The van der Waals surface area contributed by atoms with E-state index in [0.29, 0.717) is 22.9 Å². The monoisotopic (exact) mass is 258 g/mol. The highest BCUT2D eigenvalue weighted by Crippen LogP contribution is 2.14. The Hall–Kier alpha value is -2.63. The van der Waals surface area contributed by atoms with Gasteiger partial charge in [-0.2, -0.15) is 0 Å². The number of ether oxygens (including phenoxy) is 1. The van der Waals surface area contributed by atoms with Gasteiger partial charge in [0.15, 0.2) is 11.5 Å². The minimum Gasteiger partial charge on any atom is -0.486 e. The molecule has 0 saturated heterocycles. The van der Waals surface area contributed by atoms with E-state index in [1.165, 1.54) is 12.1 Å². The van der Waals surface area contributed by atoms with Crippen molar-refractivity contribution in [2.45, 2.75) is 6.61 Å². The Kier molecular flexibility index (Phi) is 2.75. The van der Waals surface area contributed by atoms with Crippen LogP contribution in [0.3, 0.4) is 0 Å². The van der Waals surface area contributed by atoms with Crippen LogP contribution in [0.5, 0.6) is 5.75 Å². The zero-order valence-electron chi connectivity index (χ0n) is 9.95. The number of anilines is 1. The van der Waals surface area contributed by atoms with Crippen LogP contribution < -0.4 is 10.5 Å². The molecule has 0 saturated carbocycles. The molecule has 3 aromatic rings. The predicted molar refractivity (Wildman–Crippen MR) is 68.1 cm³/mol. The molecule has 0 atom stereocenters. The van der Waals surface area contributed by atoms with Gasteiger partial charge in [-0.25, -0.2) is 13.9 Å². The highest BCUT2D eigenvalue weighted by atomic mass is 19.1. The molecule has 0 aliphatic heterocycles. The highest BCUT2D eigenvalue weighted by Gasteiger charge is 2.06. The molecule has 0 aliphatic carbocycles. The summed E-state index contributed by atoms with van der Waals surface area (Å²) in [4.78, 5) is 4.27. The van der Waals surface area contributed by atoms with E-state index in [-0.39, 0.29) is 12.4 Å². The predicted octanol–water partition coefficient (Wildman–Crippen LogP) is 2.03. The van der Waals surface area contributed by atoms with Crippen molar-refractivity contribution in [3.63, 3.8) is 0 Å². The third kappa shape index (κ3) is 2.33. The van der Waals surface area contributed by atoms with Gasteiger partial charge in [-0.1, -0.05) is 0 Å². The van der Waals surface area contributed by atoms with Crippen LogP contribution >= 0.6 is 0 Å². The zero-order valence-corrected chi connectivity index (χ0v) is 9.95. The van der Waals surface area contributed by atoms with Crippen LogP contribution in [0.25, 0.3) is 5.65 Å². The number of hydrogen-bond acceptors (Lipinski definition) is 4. The zero-order chi connectivity index (χ0) is 13.2. The summed E-state index contributed by atoms with van der Waals surface area (Å²) in [6.07, 6.45) is 1.76. The molecule has 0 unspecified atom stereocenters. The lowest BCUT2D eigenvalue weighted by molar-refractivity contribution is 0.295. The summed E-state index contributed by atoms with van der Waals surface area (Å²) in [6, 6.07) is 9.34. The molecule has 0 bridgehead atoms. The van der Waals surface area contributed by atoms with Crippen LogP contribution in [0.15, 0.2) is 42.6 Å². The molecular formula is C13H11FN4O. The number of nitrogens with zero attached hydrogens (tertiary/aromatic N) is 3. The molecule has 0 fully saturated rings. The molecule has 0 radical (unpaired) electrons. The molecule has 96 valence electrons. The number of benzene rings is 1. The van der Waals surface area contributed by atoms with E-state index in [0.717, 1.165) is 0 Å². The average Bonchev–Trinajstić information content (AvgIpc) is 2.83. The maximum absolute atomic E-state index is 12.7. The number of nitrogens with two attached hydrogens (primary N) is 1. The second kappa shape index (κ2) is 4.56. The van der Waals surface area contributed by atoms with E-state index >= 15 is 0 Å². The smallest absolute Gasteiger partial charge is 0.189 e. The first-order valence-corrected chi connectivity index (χ1v) is 5.70. The van der Waals surface area contributed by atoms with Crippen LogP contribution in [-0.2, 0) is 6.61 Å². The number of rotatable bonds is 3. The van der Waals surface area contributed by atoms with Crippen LogP contribution in [0.2, 0.25) is 0 Å². The summed E-state index contributed by atoms with van der Waals surface area (Å²) < 4.78 is 19.8. The van der Waals surface area contributed by atoms with Crippen LogP contribution in [-0.4, -0.2) is 14.6 Å². The minimum atomic E-state index is -0.300. The van der Waals surface area contributed by atoms with Crippen molar-refractivity contribution in [1.29, 1.82) is 0 Å². The standard InChI is InChI=1S/C13H11FN4O/c14-9-3-5-10(6-4-9)19-8-12-16-13-11(15)2-1-7-18(13)17-12/h1-7H,8,15H2. The summed E-state index contributed by atoms with van der Waals surface area (Å²) in [7, 11) is 0. The Bertz CT molecular complexity index is 708. The van der Waals surface area contributed by atoms with Crippen molar-refractivity contribution in [2.75, 3.05) is 5.73 Å². The summed E-state index contributed by atoms with van der Waals surface area (Å²) in [5.41, 5.74) is 6.94. The Labute approximate surface area is 108 Å². The first-order chi connectivity index (χ1) is 9.22. The second-order valence-corrected chi connectivity index (χ2v) is 4.00. The third-order valence-corrected chi connectivity index (χ3v) is 2.62. The largest absolute Gasteiger partial charge is 0.486 e. The quantitative estimate of drug-likeness (QED) is 0.780. The van der Waals surface area contributed by atoms with Crippen LogP contribution in [0, 0.1) is 5.82 Å². The molecular weight excluding hydrogens is 247 g/mol. The van der Waals surface area contributed by atoms with E-state index in [1.807, 2.05) is 0 Å². The number of pyridine rings is 1. The fourth-order valence-electron chi connectivity index (χ4n) is 1.71. The van der Waals surface area contributed by atoms with Gasteiger partial charge >= 0.3 is 0 Å². The molecule has 0 amide bonds. The first kappa shape index (κ1) is 11.5. The second-order valence-electron chi connectivity index (χ2n) is 4.00. The molecule has 2 N–H and O–H groups in total. The van der Waals surface area contributed by atoms with Crippen molar-refractivity contribution < 1.29 is 9.13 Å². The van der Waals surface area contributed by atoms with Crippen molar-refractivity contribution in [2.24, 2.45) is 0 Å². The Morgan fingerprint density at radius 2 is 2.00 bits per heavy atom. The highest BCUT2D eigenvalue weighted by molar-refractivity contribution is 5.63. The van der Waals surface area contributed by atoms with E-state index in [2.05, 4.69) is 10.1 Å². The Morgan fingerprint density at radius 1 is 1.21 bits per heavy atom. The topological polar surface area (TPSA) is 65.4 Å². The molecule has 2 aromatic heterocycles. The van der Waals surface area contributed by atoms with Gasteiger partial charge in [-0.15, -0.1) is 5.10 Å². The number of nitrogen functional groups attached to an aromatic ring is 1. The van der Waals surface area contributed by atoms with Gasteiger partial charge in [-0.3, -0.25) is 0 Å². The van der Waals surface area contributed by atoms with E-state index < -0.39 is 0 Å². The molecule has 0 spiro atoms. The maximum atomic E-state index is 12.7. The molecule has 6 heteroatoms. The minimum absolute atomic E-state index is 0.201. The van der Waals surface area contributed by atoms with Crippen molar-refractivity contribution in [3.05, 3.63) is 54.2 Å². The third-order valence-electron chi connectivity index (χ3n) is 2.62.